The number of ether oxygens (including phenoxy) is 2. The van der Waals surface area contributed by atoms with Crippen LogP contribution in [-0.4, -0.2) is 127 Å². The largest absolute Gasteiger partial charge is 0.457 e. The van der Waals surface area contributed by atoms with Crippen molar-refractivity contribution in [2.45, 2.75) is 58.3 Å². The summed E-state index contributed by atoms with van der Waals surface area (Å²) < 4.78 is 26.7. The van der Waals surface area contributed by atoms with E-state index in [4.69, 9.17) is 14.6 Å². The summed E-state index contributed by atoms with van der Waals surface area (Å²) >= 11 is 0. The number of aliphatic hydroxyl groups is 2. The lowest BCUT2D eigenvalue weighted by Crippen LogP contribution is -2.49. The highest BCUT2D eigenvalue weighted by Gasteiger charge is 2.29. The van der Waals surface area contributed by atoms with Crippen LogP contribution in [-0.2, 0) is 19.1 Å². The molecule has 3 heterocycles. The van der Waals surface area contributed by atoms with Crippen LogP contribution in [0.4, 0.5) is 14.9 Å². The van der Waals surface area contributed by atoms with Crippen molar-refractivity contribution >= 4 is 29.7 Å². The van der Waals surface area contributed by atoms with Crippen LogP contribution < -0.4 is 4.90 Å². The van der Waals surface area contributed by atoms with Crippen molar-refractivity contribution in [1.29, 1.82) is 0 Å². The highest BCUT2D eigenvalue weighted by molar-refractivity contribution is 5.77. The summed E-state index contributed by atoms with van der Waals surface area (Å²) in [6.07, 6.45) is 3.80. The molecule has 1 aromatic rings. The van der Waals surface area contributed by atoms with Crippen molar-refractivity contribution in [2.75, 3.05) is 70.9 Å². The molecule has 1 aromatic carbocycles. The number of esters is 1. The van der Waals surface area contributed by atoms with Crippen molar-refractivity contribution < 1.29 is 38.5 Å². The maximum Gasteiger partial charge on any atom is 0.410 e. The first-order chi connectivity index (χ1) is 21.9. The number of rotatable bonds is 5. The van der Waals surface area contributed by atoms with Gasteiger partial charge in [-0.1, -0.05) is 26.0 Å². The first kappa shape index (κ1) is 35.4. The Labute approximate surface area is 271 Å². The van der Waals surface area contributed by atoms with E-state index in [-0.39, 0.29) is 30.3 Å². The van der Waals surface area contributed by atoms with E-state index >= 15 is 0 Å². The SMILES string of the molecule is C/C(=C\c1cc(F)cc(N2CCN(C(=O)CO)CC2)c1)[C@H]1OC(=O)C[C@H](O)CC[C@H](C)[C@H](OC(=O)N2CCN(C)CC2)/C=C/[C@@H]1C. The summed E-state index contributed by atoms with van der Waals surface area (Å²) in [5.74, 6) is -1.68. The number of amides is 2. The number of carbonyl (C=O) groups is 3. The van der Waals surface area contributed by atoms with Gasteiger partial charge in [-0.15, -0.1) is 0 Å². The van der Waals surface area contributed by atoms with E-state index in [1.807, 2.05) is 50.9 Å². The van der Waals surface area contributed by atoms with Crippen molar-refractivity contribution in [1.82, 2.24) is 14.7 Å². The molecule has 0 saturated carbocycles. The Morgan fingerprint density at radius 1 is 1.00 bits per heavy atom. The summed E-state index contributed by atoms with van der Waals surface area (Å²) in [4.78, 5) is 45.3. The van der Waals surface area contributed by atoms with Crippen molar-refractivity contribution in [3.8, 4) is 0 Å². The molecule has 11 nitrogen and oxygen atoms in total. The maximum atomic E-state index is 14.8. The van der Waals surface area contributed by atoms with Crippen LogP contribution >= 0.6 is 0 Å². The van der Waals surface area contributed by atoms with Crippen LogP contribution in [0, 0.1) is 17.7 Å². The molecule has 2 saturated heterocycles. The molecule has 4 rings (SSSR count). The first-order valence-corrected chi connectivity index (χ1v) is 16.3. The normalized spacial score (nSPS) is 28.2. The Hall–Kier alpha value is -3.48. The van der Waals surface area contributed by atoms with Gasteiger partial charge in [0.15, 0.2) is 0 Å². The van der Waals surface area contributed by atoms with Crippen LogP contribution in [0.1, 0.15) is 45.6 Å². The Morgan fingerprint density at radius 3 is 2.35 bits per heavy atom. The van der Waals surface area contributed by atoms with Gasteiger partial charge in [0.25, 0.3) is 0 Å². The molecule has 3 aliphatic heterocycles. The van der Waals surface area contributed by atoms with E-state index in [0.717, 1.165) is 13.1 Å². The van der Waals surface area contributed by atoms with Gasteiger partial charge in [0.1, 0.15) is 24.6 Å². The Morgan fingerprint density at radius 2 is 1.67 bits per heavy atom. The minimum absolute atomic E-state index is 0.0885. The van der Waals surface area contributed by atoms with Gasteiger partial charge in [-0.05, 0) is 68.1 Å². The quantitative estimate of drug-likeness (QED) is 0.368. The lowest BCUT2D eigenvalue weighted by atomic mass is 9.91. The monoisotopic (exact) mass is 644 g/mol. The van der Waals surface area contributed by atoms with E-state index in [0.29, 0.717) is 68.9 Å². The molecule has 0 spiro atoms. The van der Waals surface area contributed by atoms with Gasteiger partial charge in [0, 0.05) is 64.0 Å². The Balaban J connectivity index is 1.54. The number of hydrogen-bond donors (Lipinski definition) is 2. The number of halogens is 1. The van der Waals surface area contributed by atoms with E-state index in [9.17, 15) is 23.9 Å². The molecule has 0 aliphatic carbocycles. The van der Waals surface area contributed by atoms with Gasteiger partial charge < -0.3 is 39.3 Å². The molecule has 2 fully saturated rings. The smallest absolute Gasteiger partial charge is 0.410 e. The van der Waals surface area contributed by atoms with Crippen LogP contribution in [0.2, 0.25) is 0 Å². The zero-order valence-electron chi connectivity index (χ0n) is 27.4. The molecule has 0 aromatic heterocycles. The average molecular weight is 645 g/mol. The van der Waals surface area contributed by atoms with E-state index < -0.39 is 36.7 Å². The molecule has 0 radical (unpaired) electrons. The van der Waals surface area contributed by atoms with Gasteiger partial charge in [0.2, 0.25) is 5.91 Å². The fraction of sp³-hybridized carbons (Fsp3) is 0.618. The van der Waals surface area contributed by atoms with Crippen molar-refractivity contribution in [3.05, 3.63) is 47.3 Å². The van der Waals surface area contributed by atoms with Crippen LogP contribution in [0.3, 0.4) is 0 Å². The molecule has 2 amide bonds. The first-order valence-electron chi connectivity index (χ1n) is 16.3. The van der Waals surface area contributed by atoms with Crippen LogP contribution in [0.15, 0.2) is 35.9 Å². The highest BCUT2D eigenvalue weighted by Crippen LogP contribution is 2.27. The second kappa shape index (κ2) is 16.4. The van der Waals surface area contributed by atoms with Gasteiger partial charge >= 0.3 is 12.1 Å². The van der Waals surface area contributed by atoms with Gasteiger partial charge in [-0.25, -0.2) is 9.18 Å². The number of benzene rings is 1. The number of aliphatic hydroxyl groups excluding tert-OH is 2. The van der Waals surface area contributed by atoms with E-state index in [2.05, 4.69) is 4.90 Å². The zero-order valence-corrected chi connectivity index (χ0v) is 27.4. The minimum atomic E-state index is -0.897. The molecular weight excluding hydrogens is 595 g/mol. The topological polar surface area (TPSA) is 123 Å². The highest BCUT2D eigenvalue weighted by atomic mass is 19.1. The molecule has 3 aliphatic rings. The predicted octanol–water partition coefficient (Wildman–Crippen LogP) is 2.91. The molecule has 12 heteroatoms. The third-order valence-corrected chi connectivity index (χ3v) is 9.14. The fourth-order valence-corrected chi connectivity index (χ4v) is 6.15. The lowest BCUT2D eigenvalue weighted by molar-refractivity contribution is -0.151. The third-order valence-electron chi connectivity index (χ3n) is 9.14. The molecule has 2 N–H and O–H groups in total. The number of carbonyl (C=O) groups excluding carboxylic acids is 3. The number of anilines is 1. The van der Waals surface area contributed by atoms with E-state index in [1.165, 1.54) is 12.1 Å². The summed E-state index contributed by atoms with van der Waals surface area (Å²) in [7, 11) is 2.02. The average Bonchev–Trinajstić information content (AvgIpc) is 3.03. The van der Waals surface area contributed by atoms with E-state index in [1.54, 1.807) is 15.9 Å². The second-order valence-electron chi connectivity index (χ2n) is 12.9. The Bertz CT molecular complexity index is 1270. The molecule has 46 heavy (non-hydrogen) atoms. The Kier molecular flexibility index (Phi) is 12.6. The maximum absolute atomic E-state index is 14.8. The number of nitrogens with zero attached hydrogens (tertiary/aromatic N) is 4. The van der Waals surface area contributed by atoms with Gasteiger partial charge in [-0.2, -0.15) is 0 Å². The number of piperazine rings is 2. The van der Waals surface area contributed by atoms with Gasteiger partial charge in [0.05, 0.1) is 12.5 Å². The summed E-state index contributed by atoms with van der Waals surface area (Å²) in [5, 5.41) is 19.8. The minimum Gasteiger partial charge on any atom is -0.457 e. The summed E-state index contributed by atoms with van der Waals surface area (Å²) in [6.45, 7) is 9.78. The second-order valence-corrected chi connectivity index (χ2v) is 12.9. The van der Waals surface area contributed by atoms with Gasteiger partial charge in [-0.3, -0.25) is 9.59 Å². The molecule has 254 valence electrons. The molecule has 0 bridgehead atoms. The van der Waals surface area contributed by atoms with Crippen LogP contribution in [0.25, 0.3) is 6.08 Å². The third kappa shape index (κ3) is 9.76. The summed E-state index contributed by atoms with van der Waals surface area (Å²) in [5.41, 5.74) is 1.94. The van der Waals surface area contributed by atoms with Crippen LogP contribution in [0.5, 0.6) is 0 Å². The van der Waals surface area contributed by atoms with Crippen molar-refractivity contribution in [2.24, 2.45) is 11.8 Å². The molecular formula is C34H49FN4O7. The zero-order chi connectivity index (χ0) is 33.4. The predicted molar refractivity (Wildman–Crippen MR) is 172 cm³/mol. The number of likely N-dealkylation sites (N-methyl/N-ethyl adjacent to an activating group) is 1. The standard InChI is InChI=1S/C34H49FN4O7/c1-23-5-7-29(41)21-32(43)46-33(24(2)6-8-30(23)45-34(44)39-11-9-36(4)10-12-39)25(3)17-26-18-27(35)20-28(19-26)37-13-15-38(16-14-37)31(42)22-40/h6,8,17-20,23-24,29-30,33,40-41H,5,7,9-16,21-22H2,1-4H3/b8-6+,25-17+/t23-,24-,29+,30+,33-/m0/s1. The number of hydrogen-bond acceptors (Lipinski definition) is 9. The lowest BCUT2D eigenvalue weighted by Gasteiger charge is -2.36. The molecule has 5 atom stereocenters. The fourth-order valence-electron chi connectivity index (χ4n) is 6.15. The molecule has 0 unspecified atom stereocenters. The number of cyclic esters (lactones) is 1. The van der Waals surface area contributed by atoms with Crippen molar-refractivity contribution in [3.63, 3.8) is 0 Å². The summed E-state index contributed by atoms with van der Waals surface area (Å²) in [6, 6.07) is 4.71.